The van der Waals surface area contributed by atoms with Gasteiger partial charge in [0.15, 0.2) is 0 Å². The highest BCUT2D eigenvalue weighted by Crippen LogP contribution is 2.24. The van der Waals surface area contributed by atoms with Crippen molar-refractivity contribution in [2.75, 3.05) is 20.1 Å². The summed E-state index contributed by atoms with van der Waals surface area (Å²) in [7, 11) is 1.79. The van der Waals surface area contributed by atoms with Gasteiger partial charge in [0, 0.05) is 13.1 Å². The van der Waals surface area contributed by atoms with Crippen LogP contribution in [0.2, 0.25) is 0 Å². The van der Waals surface area contributed by atoms with Gasteiger partial charge in [0.2, 0.25) is 11.8 Å². The molecule has 0 saturated heterocycles. The van der Waals surface area contributed by atoms with Gasteiger partial charge in [0.1, 0.15) is 0 Å². The number of hydrogen-bond donors (Lipinski definition) is 2. The van der Waals surface area contributed by atoms with Crippen LogP contribution >= 0.6 is 12.4 Å². The smallest absolute Gasteiger partial charge is 0.241 e. The maximum absolute atomic E-state index is 12.0. The van der Waals surface area contributed by atoms with Crippen LogP contribution in [0.3, 0.4) is 0 Å². The van der Waals surface area contributed by atoms with Crippen LogP contribution < -0.4 is 11.1 Å². The molecular weight excluding hydrogens is 278 g/mol. The third kappa shape index (κ3) is 3.71. The summed E-state index contributed by atoms with van der Waals surface area (Å²) < 4.78 is 0. The van der Waals surface area contributed by atoms with E-state index in [1.54, 1.807) is 11.9 Å². The Balaban J connectivity index is 0.00000200. The molecular formula is C14H20ClN3O2. The molecule has 5 nitrogen and oxygen atoms in total. The monoisotopic (exact) mass is 297 g/mol. The molecule has 0 aromatic heterocycles. The van der Waals surface area contributed by atoms with Gasteiger partial charge in [0.05, 0.1) is 13.1 Å². The second-order valence-corrected chi connectivity index (χ2v) is 4.82. The van der Waals surface area contributed by atoms with Crippen molar-refractivity contribution in [3.05, 3.63) is 35.4 Å². The number of rotatable bonds is 4. The lowest BCUT2D eigenvalue weighted by atomic mass is 10.1. The Morgan fingerprint density at radius 3 is 2.35 bits per heavy atom. The molecule has 20 heavy (non-hydrogen) atoms. The van der Waals surface area contributed by atoms with E-state index >= 15 is 0 Å². The van der Waals surface area contributed by atoms with Gasteiger partial charge in [-0.2, -0.15) is 0 Å². The van der Waals surface area contributed by atoms with Crippen LogP contribution in [0.5, 0.6) is 0 Å². The number of fused-ring (bicyclic) bond motifs is 1. The average Bonchev–Trinajstić information content (AvgIpc) is 2.87. The van der Waals surface area contributed by atoms with E-state index in [-0.39, 0.29) is 43.4 Å². The van der Waals surface area contributed by atoms with E-state index in [2.05, 4.69) is 17.4 Å². The zero-order chi connectivity index (χ0) is 13.8. The molecule has 2 amide bonds. The van der Waals surface area contributed by atoms with Gasteiger partial charge < -0.3 is 16.0 Å². The van der Waals surface area contributed by atoms with E-state index < -0.39 is 0 Å². The van der Waals surface area contributed by atoms with Crippen molar-refractivity contribution in [3.8, 4) is 0 Å². The quantitative estimate of drug-likeness (QED) is 0.828. The highest BCUT2D eigenvalue weighted by Gasteiger charge is 2.27. The first-order valence-electron chi connectivity index (χ1n) is 6.41. The van der Waals surface area contributed by atoms with E-state index in [0.717, 1.165) is 12.8 Å². The summed E-state index contributed by atoms with van der Waals surface area (Å²) in [6, 6.07) is 8.42. The van der Waals surface area contributed by atoms with Crippen molar-refractivity contribution in [3.63, 3.8) is 0 Å². The molecule has 6 heteroatoms. The third-order valence-corrected chi connectivity index (χ3v) is 3.59. The van der Waals surface area contributed by atoms with Crippen molar-refractivity contribution in [2.45, 2.75) is 18.9 Å². The van der Waals surface area contributed by atoms with Gasteiger partial charge in [-0.1, -0.05) is 24.3 Å². The van der Waals surface area contributed by atoms with Gasteiger partial charge in [-0.3, -0.25) is 9.59 Å². The SMILES string of the molecule is CN(C(=O)CNC(=O)CN)C1Cc2ccccc2C1.Cl. The molecule has 0 heterocycles. The fraction of sp³-hybridized carbons (Fsp3) is 0.429. The molecule has 0 atom stereocenters. The lowest BCUT2D eigenvalue weighted by Crippen LogP contribution is -2.44. The molecule has 3 N–H and O–H groups in total. The van der Waals surface area contributed by atoms with Gasteiger partial charge in [-0.25, -0.2) is 0 Å². The maximum atomic E-state index is 12.0. The molecule has 1 aliphatic rings. The van der Waals surface area contributed by atoms with Crippen molar-refractivity contribution >= 4 is 24.2 Å². The number of nitrogens with one attached hydrogen (secondary N) is 1. The topological polar surface area (TPSA) is 75.4 Å². The number of hydrogen-bond acceptors (Lipinski definition) is 3. The molecule has 0 bridgehead atoms. The number of nitrogens with zero attached hydrogens (tertiary/aromatic N) is 1. The van der Waals surface area contributed by atoms with Crippen LogP contribution in [-0.4, -0.2) is 42.9 Å². The predicted octanol–water partition coefficient (Wildman–Crippen LogP) is 0.109. The first-order chi connectivity index (χ1) is 9.11. The normalized spacial score (nSPS) is 13.3. The largest absolute Gasteiger partial charge is 0.346 e. The van der Waals surface area contributed by atoms with Gasteiger partial charge >= 0.3 is 0 Å². The summed E-state index contributed by atoms with van der Waals surface area (Å²) in [5, 5.41) is 2.50. The summed E-state index contributed by atoms with van der Waals surface area (Å²) in [6.07, 6.45) is 1.76. The van der Waals surface area contributed by atoms with Crippen LogP contribution in [0.15, 0.2) is 24.3 Å². The molecule has 0 fully saturated rings. The molecule has 0 unspecified atom stereocenters. The van der Waals surface area contributed by atoms with Crippen LogP contribution in [0.1, 0.15) is 11.1 Å². The minimum Gasteiger partial charge on any atom is -0.346 e. The molecule has 0 radical (unpaired) electrons. The standard InChI is InChI=1S/C14H19N3O2.ClH/c1-17(14(19)9-16-13(18)8-15)12-6-10-4-2-3-5-11(10)7-12;/h2-5,12H,6-9,15H2,1H3,(H,16,18);1H. The van der Waals surface area contributed by atoms with Crippen LogP contribution in [0.25, 0.3) is 0 Å². The van der Waals surface area contributed by atoms with E-state index in [9.17, 15) is 9.59 Å². The Morgan fingerprint density at radius 1 is 1.30 bits per heavy atom. The molecule has 1 aromatic carbocycles. The summed E-state index contributed by atoms with van der Waals surface area (Å²) in [4.78, 5) is 24.7. The lowest BCUT2D eigenvalue weighted by Gasteiger charge is -2.24. The van der Waals surface area contributed by atoms with E-state index in [1.807, 2.05) is 12.1 Å². The number of halogens is 1. The number of carbonyl (C=O) groups is 2. The second kappa shape index (κ2) is 7.26. The van der Waals surface area contributed by atoms with Gasteiger partial charge in [-0.05, 0) is 24.0 Å². The lowest BCUT2D eigenvalue weighted by molar-refractivity contribution is -0.133. The summed E-state index contributed by atoms with van der Waals surface area (Å²) >= 11 is 0. The first kappa shape index (κ1) is 16.5. The molecule has 110 valence electrons. The Morgan fingerprint density at radius 2 is 1.85 bits per heavy atom. The van der Waals surface area contributed by atoms with Crippen molar-refractivity contribution in [2.24, 2.45) is 5.73 Å². The van der Waals surface area contributed by atoms with E-state index in [1.165, 1.54) is 11.1 Å². The summed E-state index contributed by atoms with van der Waals surface area (Å²) in [5.74, 6) is -0.393. The molecule has 2 rings (SSSR count). The highest BCUT2D eigenvalue weighted by molar-refractivity contribution is 5.86. The molecule has 0 saturated carbocycles. The number of carbonyl (C=O) groups excluding carboxylic acids is 2. The fourth-order valence-electron chi connectivity index (χ4n) is 2.38. The van der Waals surface area contributed by atoms with E-state index in [4.69, 9.17) is 5.73 Å². The number of benzene rings is 1. The van der Waals surface area contributed by atoms with E-state index in [0.29, 0.717) is 0 Å². The first-order valence-corrected chi connectivity index (χ1v) is 6.41. The Bertz CT molecular complexity index is 468. The van der Waals surface area contributed by atoms with Crippen molar-refractivity contribution in [1.29, 1.82) is 0 Å². The average molecular weight is 298 g/mol. The second-order valence-electron chi connectivity index (χ2n) is 4.82. The predicted molar refractivity (Wildman–Crippen MR) is 79.7 cm³/mol. The minimum atomic E-state index is -0.309. The Kier molecular flexibility index (Phi) is 5.98. The van der Waals surface area contributed by atoms with Crippen LogP contribution in [0.4, 0.5) is 0 Å². The number of nitrogens with two attached hydrogens (primary N) is 1. The summed E-state index contributed by atoms with van der Waals surface area (Å²) in [6.45, 7) is -0.0781. The van der Waals surface area contributed by atoms with Crippen LogP contribution in [-0.2, 0) is 22.4 Å². The Hall–Kier alpha value is -1.59. The van der Waals surface area contributed by atoms with Gasteiger partial charge in [-0.15, -0.1) is 12.4 Å². The zero-order valence-electron chi connectivity index (χ0n) is 11.5. The summed E-state index contributed by atoms with van der Waals surface area (Å²) in [5.41, 5.74) is 7.78. The maximum Gasteiger partial charge on any atom is 0.241 e. The minimum absolute atomic E-state index is 0. The van der Waals surface area contributed by atoms with Crippen molar-refractivity contribution < 1.29 is 9.59 Å². The molecule has 1 aromatic rings. The zero-order valence-corrected chi connectivity index (χ0v) is 12.3. The molecule has 1 aliphatic carbocycles. The number of amides is 2. The fourth-order valence-corrected chi connectivity index (χ4v) is 2.38. The number of likely N-dealkylation sites (N-methyl/N-ethyl adjacent to an activating group) is 1. The highest BCUT2D eigenvalue weighted by atomic mass is 35.5. The van der Waals surface area contributed by atoms with Crippen LogP contribution in [0, 0.1) is 0 Å². The molecule has 0 aliphatic heterocycles. The molecule has 0 spiro atoms. The van der Waals surface area contributed by atoms with Crippen molar-refractivity contribution in [1.82, 2.24) is 10.2 Å². The third-order valence-electron chi connectivity index (χ3n) is 3.59. The Labute approximate surface area is 124 Å². The van der Waals surface area contributed by atoms with Gasteiger partial charge in [0.25, 0.3) is 0 Å².